The lowest BCUT2D eigenvalue weighted by atomic mass is 10.1. The van der Waals surface area contributed by atoms with E-state index >= 15 is 0 Å². The Labute approximate surface area is 123 Å². The lowest BCUT2D eigenvalue weighted by molar-refractivity contribution is -0.141. The molecule has 0 aromatic heterocycles. The van der Waals surface area contributed by atoms with Gasteiger partial charge in [-0.15, -0.1) is 0 Å². The van der Waals surface area contributed by atoms with E-state index in [0.29, 0.717) is 5.75 Å². The van der Waals surface area contributed by atoms with Crippen LogP contribution in [0.4, 0.5) is 4.39 Å². The number of carbonyl (C=O) groups excluding carboxylic acids is 1. The lowest BCUT2D eigenvalue weighted by Crippen LogP contribution is -2.28. The van der Waals surface area contributed by atoms with E-state index in [1.807, 2.05) is 32.0 Å². The van der Waals surface area contributed by atoms with Gasteiger partial charge in [-0.2, -0.15) is 0 Å². The number of hydrogen-bond acceptors (Lipinski definition) is 3. The molecular formula is C17H17FO3. The first-order valence-electron chi connectivity index (χ1n) is 6.67. The van der Waals surface area contributed by atoms with E-state index in [-0.39, 0.29) is 11.6 Å². The molecule has 0 N–H and O–H groups in total. The Hall–Kier alpha value is -2.36. The average Bonchev–Trinajstić information content (AvgIpc) is 2.45. The fourth-order valence-electron chi connectivity index (χ4n) is 1.74. The third-order valence-corrected chi connectivity index (χ3v) is 3.16. The molecule has 0 unspecified atom stereocenters. The topological polar surface area (TPSA) is 35.5 Å². The molecule has 0 saturated heterocycles. The largest absolute Gasteiger partial charge is 0.479 e. The first kappa shape index (κ1) is 15.0. The Bertz CT molecular complexity index is 635. The fourth-order valence-corrected chi connectivity index (χ4v) is 1.74. The third kappa shape index (κ3) is 4.05. The number of rotatable bonds is 4. The van der Waals surface area contributed by atoms with Crippen molar-refractivity contribution < 1.29 is 18.7 Å². The van der Waals surface area contributed by atoms with Gasteiger partial charge in [-0.25, -0.2) is 9.18 Å². The summed E-state index contributed by atoms with van der Waals surface area (Å²) in [6, 6.07) is 10.9. The molecule has 0 aliphatic carbocycles. The summed E-state index contributed by atoms with van der Waals surface area (Å²) >= 11 is 0. The Morgan fingerprint density at radius 1 is 1.00 bits per heavy atom. The minimum absolute atomic E-state index is 0.289. The van der Waals surface area contributed by atoms with Gasteiger partial charge in [-0.1, -0.05) is 6.07 Å². The second-order valence-electron chi connectivity index (χ2n) is 4.88. The van der Waals surface area contributed by atoms with Crippen molar-refractivity contribution in [2.24, 2.45) is 0 Å². The molecule has 110 valence electrons. The summed E-state index contributed by atoms with van der Waals surface area (Å²) in [5.41, 5.74) is 2.25. The summed E-state index contributed by atoms with van der Waals surface area (Å²) in [7, 11) is 0. The van der Waals surface area contributed by atoms with Gasteiger partial charge in [0.25, 0.3) is 0 Å². The quantitative estimate of drug-likeness (QED) is 0.634. The molecule has 0 aliphatic rings. The normalized spacial score (nSPS) is 11.8. The van der Waals surface area contributed by atoms with Gasteiger partial charge in [0, 0.05) is 0 Å². The zero-order valence-electron chi connectivity index (χ0n) is 12.2. The molecule has 2 rings (SSSR count). The van der Waals surface area contributed by atoms with Gasteiger partial charge in [0.15, 0.2) is 6.10 Å². The highest BCUT2D eigenvalue weighted by atomic mass is 19.1. The minimum Gasteiger partial charge on any atom is -0.479 e. The monoisotopic (exact) mass is 288 g/mol. The van der Waals surface area contributed by atoms with E-state index in [2.05, 4.69) is 0 Å². The molecule has 0 aliphatic heterocycles. The fraction of sp³-hybridized carbons (Fsp3) is 0.235. The van der Waals surface area contributed by atoms with Gasteiger partial charge in [0.05, 0.1) is 0 Å². The maximum Gasteiger partial charge on any atom is 0.352 e. The van der Waals surface area contributed by atoms with E-state index in [4.69, 9.17) is 9.47 Å². The number of ether oxygens (including phenoxy) is 2. The maximum atomic E-state index is 12.8. The predicted molar refractivity (Wildman–Crippen MR) is 78.0 cm³/mol. The lowest BCUT2D eigenvalue weighted by Gasteiger charge is -2.14. The molecule has 21 heavy (non-hydrogen) atoms. The maximum absolute atomic E-state index is 12.8. The molecule has 4 heteroatoms. The van der Waals surface area contributed by atoms with E-state index in [0.717, 1.165) is 11.1 Å². The van der Waals surface area contributed by atoms with Gasteiger partial charge in [0.2, 0.25) is 0 Å². The Balaban J connectivity index is 1.98. The van der Waals surface area contributed by atoms with Crippen LogP contribution in [0.1, 0.15) is 18.1 Å². The Morgan fingerprint density at radius 3 is 2.24 bits per heavy atom. The van der Waals surface area contributed by atoms with Crippen LogP contribution in [0, 0.1) is 19.7 Å². The van der Waals surface area contributed by atoms with Crippen LogP contribution in [0.15, 0.2) is 42.5 Å². The van der Waals surface area contributed by atoms with Crippen LogP contribution >= 0.6 is 0 Å². The van der Waals surface area contributed by atoms with Crippen LogP contribution in [0.3, 0.4) is 0 Å². The molecule has 0 fully saturated rings. The van der Waals surface area contributed by atoms with Crippen molar-refractivity contribution in [1.29, 1.82) is 0 Å². The molecular weight excluding hydrogens is 271 g/mol. The molecule has 1 atom stereocenters. The summed E-state index contributed by atoms with van der Waals surface area (Å²) in [5, 5.41) is 0. The van der Waals surface area contributed by atoms with Crippen molar-refractivity contribution in [1.82, 2.24) is 0 Å². The number of carbonyl (C=O) groups is 1. The number of halogens is 1. The molecule has 2 aromatic rings. The van der Waals surface area contributed by atoms with Gasteiger partial charge < -0.3 is 9.47 Å². The molecule has 0 spiro atoms. The summed E-state index contributed by atoms with van der Waals surface area (Å²) in [6.07, 6.45) is -0.753. The zero-order chi connectivity index (χ0) is 15.4. The van der Waals surface area contributed by atoms with Crippen LogP contribution in [0.2, 0.25) is 0 Å². The smallest absolute Gasteiger partial charge is 0.352 e. The van der Waals surface area contributed by atoms with Crippen molar-refractivity contribution >= 4 is 5.97 Å². The minimum atomic E-state index is -0.753. The van der Waals surface area contributed by atoms with Crippen molar-refractivity contribution in [3.63, 3.8) is 0 Å². The molecule has 2 aromatic carbocycles. The SMILES string of the molecule is Cc1ccc(O[C@H](C)C(=O)Oc2ccc(F)cc2)cc1C. The van der Waals surface area contributed by atoms with Crippen LogP contribution in [0.25, 0.3) is 0 Å². The molecule has 0 amide bonds. The molecule has 0 saturated carbocycles. The van der Waals surface area contributed by atoms with Gasteiger partial charge >= 0.3 is 5.97 Å². The Morgan fingerprint density at radius 2 is 1.62 bits per heavy atom. The number of aryl methyl sites for hydroxylation is 2. The van der Waals surface area contributed by atoms with Crippen LogP contribution in [0.5, 0.6) is 11.5 Å². The molecule has 3 nitrogen and oxygen atoms in total. The molecule has 0 radical (unpaired) electrons. The highest BCUT2D eigenvalue weighted by Crippen LogP contribution is 2.19. The summed E-state index contributed by atoms with van der Waals surface area (Å²) < 4.78 is 23.5. The van der Waals surface area contributed by atoms with Crippen molar-refractivity contribution in [2.45, 2.75) is 26.9 Å². The first-order chi connectivity index (χ1) is 9.95. The zero-order valence-corrected chi connectivity index (χ0v) is 12.2. The van der Waals surface area contributed by atoms with Crippen LogP contribution in [-0.4, -0.2) is 12.1 Å². The van der Waals surface area contributed by atoms with E-state index in [9.17, 15) is 9.18 Å². The second kappa shape index (κ2) is 6.39. The summed E-state index contributed by atoms with van der Waals surface area (Å²) in [6.45, 7) is 5.59. The van der Waals surface area contributed by atoms with Gasteiger partial charge in [-0.05, 0) is 68.3 Å². The van der Waals surface area contributed by atoms with E-state index in [1.54, 1.807) is 6.92 Å². The van der Waals surface area contributed by atoms with E-state index in [1.165, 1.54) is 24.3 Å². The number of benzene rings is 2. The summed E-state index contributed by atoms with van der Waals surface area (Å²) in [4.78, 5) is 11.9. The van der Waals surface area contributed by atoms with Gasteiger partial charge in [-0.3, -0.25) is 0 Å². The van der Waals surface area contributed by atoms with Crippen molar-refractivity contribution in [3.8, 4) is 11.5 Å². The average molecular weight is 288 g/mol. The predicted octanol–water partition coefficient (Wildman–Crippen LogP) is 3.82. The highest BCUT2D eigenvalue weighted by Gasteiger charge is 2.17. The first-order valence-corrected chi connectivity index (χ1v) is 6.67. The van der Waals surface area contributed by atoms with Crippen LogP contribution < -0.4 is 9.47 Å². The highest BCUT2D eigenvalue weighted by molar-refractivity contribution is 5.77. The number of hydrogen-bond donors (Lipinski definition) is 0. The summed E-state index contributed by atoms with van der Waals surface area (Å²) in [5.74, 6) is -0.00680. The van der Waals surface area contributed by atoms with E-state index < -0.39 is 12.1 Å². The standard InChI is InChI=1S/C17H17FO3/c1-11-4-7-16(10-12(11)2)20-13(3)17(19)21-15-8-5-14(18)6-9-15/h4-10,13H,1-3H3/t13-/m1/s1. The van der Waals surface area contributed by atoms with Crippen molar-refractivity contribution in [3.05, 3.63) is 59.4 Å². The molecule has 0 bridgehead atoms. The van der Waals surface area contributed by atoms with Gasteiger partial charge in [0.1, 0.15) is 17.3 Å². The van der Waals surface area contributed by atoms with Crippen molar-refractivity contribution in [2.75, 3.05) is 0 Å². The second-order valence-corrected chi connectivity index (χ2v) is 4.88. The van der Waals surface area contributed by atoms with Crippen LogP contribution in [-0.2, 0) is 4.79 Å². The number of esters is 1. The third-order valence-electron chi connectivity index (χ3n) is 3.16. The molecule has 0 heterocycles. The Kier molecular flexibility index (Phi) is 4.58.